The highest BCUT2D eigenvalue weighted by atomic mass is 15.7. The van der Waals surface area contributed by atoms with Crippen LogP contribution in [0.25, 0.3) is 5.57 Å². The number of hydrazine groups is 2. The molecular formula is C15H16N6. The van der Waals surface area contributed by atoms with Crippen molar-refractivity contribution in [3.8, 4) is 18.2 Å². The van der Waals surface area contributed by atoms with Gasteiger partial charge in [-0.05, 0) is 17.7 Å². The van der Waals surface area contributed by atoms with Crippen molar-refractivity contribution in [2.75, 3.05) is 18.2 Å². The minimum Gasteiger partial charge on any atom is -0.242 e. The summed E-state index contributed by atoms with van der Waals surface area (Å²) in [6.07, 6.45) is 0. The Balaban J connectivity index is 3.13. The number of nitriles is 3. The van der Waals surface area contributed by atoms with Crippen molar-refractivity contribution in [2.24, 2.45) is 0 Å². The SMILES string of the molecule is CCNN(NCC)c1ccc(C(C#N)=C(C#N)C#N)cc1. The topological polar surface area (TPSA) is 98.7 Å². The summed E-state index contributed by atoms with van der Waals surface area (Å²) >= 11 is 0. The first-order chi connectivity index (χ1) is 10.2. The Bertz CT molecular complexity index is 602. The smallest absolute Gasteiger partial charge is 0.148 e. The van der Waals surface area contributed by atoms with Crippen molar-refractivity contribution in [1.29, 1.82) is 15.8 Å². The Hall–Kier alpha value is -2.85. The van der Waals surface area contributed by atoms with E-state index in [9.17, 15) is 0 Å². The lowest BCUT2D eigenvalue weighted by Crippen LogP contribution is -2.48. The van der Waals surface area contributed by atoms with Gasteiger partial charge in [-0.3, -0.25) is 0 Å². The van der Waals surface area contributed by atoms with Crippen LogP contribution in [-0.4, -0.2) is 13.1 Å². The van der Waals surface area contributed by atoms with Crippen LogP contribution in [-0.2, 0) is 0 Å². The second-order valence-electron chi connectivity index (χ2n) is 3.99. The summed E-state index contributed by atoms with van der Waals surface area (Å²) in [5.74, 6) is 0. The van der Waals surface area contributed by atoms with Crippen LogP contribution in [0.2, 0.25) is 0 Å². The molecule has 0 unspecified atom stereocenters. The zero-order valence-electron chi connectivity index (χ0n) is 12.0. The van der Waals surface area contributed by atoms with E-state index < -0.39 is 0 Å². The van der Waals surface area contributed by atoms with Crippen molar-refractivity contribution in [3.05, 3.63) is 35.4 Å². The highest BCUT2D eigenvalue weighted by molar-refractivity contribution is 5.84. The number of hydrogen-bond donors (Lipinski definition) is 2. The van der Waals surface area contributed by atoms with Gasteiger partial charge in [0.15, 0.2) is 0 Å². The summed E-state index contributed by atoms with van der Waals surface area (Å²) in [6.45, 7) is 5.49. The second-order valence-corrected chi connectivity index (χ2v) is 3.99. The first-order valence-electron chi connectivity index (χ1n) is 6.53. The molecule has 0 heterocycles. The Morgan fingerprint density at radius 1 is 0.952 bits per heavy atom. The van der Waals surface area contributed by atoms with Crippen LogP contribution in [0.4, 0.5) is 5.69 Å². The monoisotopic (exact) mass is 280 g/mol. The molecule has 0 saturated heterocycles. The number of nitrogens with one attached hydrogen (secondary N) is 2. The molecule has 0 radical (unpaired) electrons. The third-order valence-corrected chi connectivity index (χ3v) is 2.63. The lowest BCUT2D eigenvalue weighted by atomic mass is 10.0. The van der Waals surface area contributed by atoms with E-state index in [1.54, 1.807) is 29.4 Å². The van der Waals surface area contributed by atoms with E-state index in [2.05, 4.69) is 10.9 Å². The standard InChI is InChI=1S/C15H16N6/c1-3-19-21(20-4-2)14-7-5-12(6-8-14)15(11-18)13(9-16)10-17/h5-8,19-20H,3-4H2,1-2H3. The van der Waals surface area contributed by atoms with Gasteiger partial charge in [0.2, 0.25) is 0 Å². The number of anilines is 1. The van der Waals surface area contributed by atoms with Crippen molar-refractivity contribution in [2.45, 2.75) is 13.8 Å². The van der Waals surface area contributed by atoms with Crippen LogP contribution < -0.4 is 16.0 Å². The van der Waals surface area contributed by atoms with E-state index in [4.69, 9.17) is 15.8 Å². The van der Waals surface area contributed by atoms with Crippen molar-refractivity contribution < 1.29 is 0 Å². The van der Waals surface area contributed by atoms with Gasteiger partial charge in [-0.15, -0.1) is 0 Å². The Morgan fingerprint density at radius 2 is 1.48 bits per heavy atom. The normalized spacial score (nSPS) is 9.10. The molecule has 6 heteroatoms. The van der Waals surface area contributed by atoms with Gasteiger partial charge in [-0.2, -0.15) is 15.8 Å². The molecule has 0 fully saturated rings. The predicted molar refractivity (Wildman–Crippen MR) is 80.0 cm³/mol. The van der Waals surface area contributed by atoms with Crippen LogP contribution in [0.1, 0.15) is 19.4 Å². The summed E-state index contributed by atoms with van der Waals surface area (Å²) in [7, 11) is 0. The zero-order chi connectivity index (χ0) is 15.7. The third kappa shape index (κ3) is 4.06. The minimum atomic E-state index is -0.180. The molecule has 6 nitrogen and oxygen atoms in total. The van der Waals surface area contributed by atoms with Gasteiger partial charge in [0.05, 0.1) is 11.3 Å². The maximum Gasteiger partial charge on any atom is 0.148 e. The largest absolute Gasteiger partial charge is 0.242 e. The molecule has 0 aliphatic heterocycles. The molecule has 106 valence electrons. The summed E-state index contributed by atoms with van der Waals surface area (Å²) in [5, 5.41) is 28.6. The first kappa shape index (κ1) is 16.2. The molecule has 0 atom stereocenters. The van der Waals surface area contributed by atoms with E-state index in [1.165, 1.54) is 0 Å². The Labute approximate surface area is 124 Å². The van der Waals surface area contributed by atoms with E-state index in [0.29, 0.717) is 5.56 Å². The molecule has 0 aromatic heterocycles. The molecule has 0 aliphatic rings. The number of rotatable bonds is 6. The highest BCUT2D eigenvalue weighted by Gasteiger charge is 2.10. The van der Waals surface area contributed by atoms with Crippen LogP contribution in [0.3, 0.4) is 0 Å². The highest BCUT2D eigenvalue weighted by Crippen LogP contribution is 2.20. The van der Waals surface area contributed by atoms with Crippen molar-refractivity contribution >= 4 is 11.3 Å². The average Bonchev–Trinajstić information content (AvgIpc) is 2.52. The fourth-order valence-corrected chi connectivity index (χ4v) is 1.73. The quantitative estimate of drug-likeness (QED) is 0.609. The zero-order valence-corrected chi connectivity index (χ0v) is 12.0. The average molecular weight is 280 g/mol. The molecule has 0 saturated carbocycles. The Morgan fingerprint density at radius 3 is 1.86 bits per heavy atom. The van der Waals surface area contributed by atoms with Gasteiger partial charge in [0.25, 0.3) is 0 Å². The predicted octanol–water partition coefficient (Wildman–Crippen LogP) is 1.87. The summed E-state index contributed by atoms with van der Waals surface area (Å²) in [6, 6.07) is 12.4. The molecule has 0 bridgehead atoms. The molecule has 1 rings (SSSR count). The summed E-state index contributed by atoms with van der Waals surface area (Å²) in [4.78, 5) is 0. The fraction of sp³-hybridized carbons (Fsp3) is 0.267. The van der Waals surface area contributed by atoms with Crippen molar-refractivity contribution in [3.63, 3.8) is 0 Å². The number of nitrogens with zero attached hydrogens (tertiary/aromatic N) is 4. The number of allylic oxidation sites excluding steroid dienone is 2. The van der Waals surface area contributed by atoms with Gasteiger partial charge in [-0.25, -0.2) is 16.0 Å². The van der Waals surface area contributed by atoms with Crippen LogP contribution in [0, 0.1) is 34.0 Å². The number of benzene rings is 1. The van der Waals surface area contributed by atoms with E-state index >= 15 is 0 Å². The lowest BCUT2D eigenvalue weighted by Gasteiger charge is -2.25. The molecule has 21 heavy (non-hydrogen) atoms. The molecule has 1 aromatic rings. The molecule has 1 aromatic carbocycles. The van der Waals surface area contributed by atoms with E-state index in [-0.39, 0.29) is 11.1 Å². The molecular weight excluding hydrogens is 264 g/mol. The van der Waals surface area contributed by atoms with E-state index in [1.807, 2.05) is 32.0 Å². The second kappa shape index (κ2) is 8.35. The molecule has 0 amide bonds. The van der Waals surface area contributed by atoms with Gasteiger partial charge in [0.1, 0.15) is 23.8 Å². The van der Waals surface area contributed by atoms with Crippen LogP contribution >= 0.6 is 0 Å². The maximum atomic E-state index is 9.11. The van der Waals surface area contributed by atoms with E-state index in [0.717, 1.165) is 18.8 Å². The molecule has 2 N–H and O–H groups in total. The summed E-state index contributed by atoms with van der Waals surface area (Å²) in [5.41, 5.74) is 7.62. The lowest BCUT2D eigenvalue weighted by molar-refractivity contribution is 0.550. The first-order valence-corrected chi connectivity index (χ1v) is 6.53. The minimum absolute atomic E-state index is 0.0880. The third-order valence-electron chi connectivity index (χ3n) is 2.63. The fourth-order valence-electron chi connectivity index (χ4n) is 1.73. The van der Waals surface area contributed by atoms with Gasteiger partial charge in [-0.1, -0.05) is 26.0 Å². The molecule has 0 spiro atoms. The maximum absolute atomic E-state index is 9.11. The number of hydrogen-bond acceptors (Lipinski definition) is 6. The van der Waals surface area contributed by atoms with Gasteiger partial charge in [0, 0.05) is 13.1 Å². The van der Waals surface area contributed by atoms with Gasteiger partial charge < -0.3 is 0 Å². The van der Waals surface area contributed by atoms with Crippen LogP contribution in [0.5, 0.6) is 0 Å². The van der Waals surface area contributed by atoms with Gasteiger partial charge >= 0.3 is 0 Å². The molecule has 0 aliphatic carbocycles. The summed E-state index contributed by atoms with van der Waals surface area (Å²) < 4.78 is 0. The van der Waals surface area contributed by atoms with Crippen LogP contribution in [0.15, 0.2) is 29.8 Å². The Kier molecular flexibility index (Phi) is 6.44. The van der Waals surface area contributed by atoms with Crippen molar-refractivity contribution in [1.82, 2.24) is 10.9 Å².